The zero-order valence-corrected chi connectivity index (χ0v) is 12.1. The molecule has 1 aromatic rings. The first-order chi connectivity index (χ1) is 8.19. The summed E-state index contributed by atoms with van der Waals surface area (Å²) in [6.45, 7) is 8.16. The van der Waals surface area contributed by atoms with Gasteiger partial charge in [0.1, 0.15) is 12.4 Å². The topological polar surface area (TPSA) is 21.3 Å². The standard InChI is InChI=1S/C14H18BrNO/c1-4-6-7-17-14-11(3)8-13(15)9-12(14)10-16-5-2/h8-9,16H,5,7,10H2,1-3H3. The van der Waals surface area contributed by atoms with Gasteiger partial charge in [-0.25, -0.2) is 0 Å². The van der Waals surface area contributed by atoms with Crippen molar-refractivity contribution in [3.63, 3.8) is 0 Å². The van der Waals surface area contributed by atoms with Gasteiger partial charge in [0.15, 0.2) is 0 Å². The zero-order valence-electron chi connectivity index (χ0n) is 10.6. The van der Waals surface area contributed by atoms with Crippen molar-refractivity contribution in [2.24, 2.45) is 0 Å². The lowest BCUT2D eigenvalue weighted by molar-refractivity contribution is 0.362. The molecule has 0 saturated heterocycles. The third-order valence-corrected chi connectivity index (χ3v) is 2.81. The van der Waals surface area contributed by atoms with Gasteiger partial charge in [-0.3, -0.25) is 0 Å². The molecule has 2 nitrogen and oxygen atoms in total. The van der Waals surface area contributed by atoms with Crippen LogP contribution in [-0.4, -0.2) is 13.2 Å². The summed E-state index contributed by atoms with van der Waals surface area (Å²) >= 11 is 3.51. The van der Waals surface area contributed by atoms with Gasteiger partial charge in [0.2, 0.25) is 0 Å². The van der Waals surface area contributed by atoms with Gasteiger partial charge >= 0.3 is 0 Å². The summed E-state index contributed by atoms with van der Waals surface area (Å²) in [5, 5.41) is 3.31. The molecule has 0 aliphatic heterocycles. The largest absolute Gasteiger partial charge is 0.480 e. The molecule has 0 amide bonds. The van der Waals surface area contributed by atoms with Gasteiger partial charge in [0.05, 0.1) is 0 Å². The van der Waals surface area contributed by atoms with Gasteiger partial charge in [-0.15, -0.1) is 5.92 Å². The smallest absolute Gasteiger partial charge is 0.149 e. The van der Waals surface area contributed by atoms with Crippen molar-refractivity contribution in [3.05, 3.63) is 27.7 Å². The van der Waals surface area contributed by atoms with Crippen LogP contribution in [0.25, 0.3) is 0 Å². The molecule has 0 aliphatic rings. The summed E-state index contributed by atoms with van der Waals surface area (Å²) < 4.78 is 6.81. The average Bonchev–Trinajstić information content (AvgIpc) is 2.29. The molecule has 0 bridgehead atoms. The number of aryl methyl sites for hydroxylation is 1. The SMILES string of the molecule is CC#CCOc1c(C)cc(Br)cc1CNCC. The molecule has 0 radical (unpaired) electrons. The fourth-order valence-corrected chi connectivity index (χ4v) is 2.20. The van der Waals surface area contributed by atoms with Gasteiger partial charge in [-0.1, -0.05) is 28.8 Å². The van der Waals surface area contributed by atoms with E-state index in [1.54, 1.807) is 0 Å². The molecule has 0 aromatic heterocycles. The van der Waals surface area contributed by atoms with Crippen LogP contribution in [0.3, 0.4) is 0 Å². The molecule has 0 saturated carbocycles. The van der Waals surface area contributed by atoms with Crippen LogP contribution in [0.5, 0.6) is 5.75 Å². The van der Waals surface area contributed by atoms with Gasteiger partial charge in [0, 0.05) is 16.6 Å². The molecule has 3 heteroatoms. The Bertz CT molecular complexity index is 432. The Morgan fingerprint density at radius 1 is 1.41 bits per heavy atom. The van der Waals surface area contributed by atoms with Crippen LogP contribution in [0.2, 0.25) is 0 Å². The Balaban J connectivity index is 2.92. The van der Waals surface area contributed by atoms with E-state index in [-0.39, 0.29) is 0 Å². The number of hydrogen-bond donors (Lipinski definition) is 1. The molecule has 0 heterocycles. The van der Waals surface area contributed by atoms with E-state index in [0.29, 0.717) is 6.61 Å². The highest BCUT2D eigenvalue weighted by molar-refractivity contribution is 9.10. The minimum Gasteiger partial charge on any atom is -0.480 e. The highest BCUT2D eigenvalue weighted by Gasteiger charge is 2.08. The monoisotopic (exact) mass is 295 g/mol. The van der Waals surface area contributed by atoms with Crippen LogP contribution < -0.4 is 10.1 Å². The first-order valence-corrected chi connectivity index (χ1v) is 6.50. The summed E-state index contributed by atoms with van der Waals surface area (Å²) in [7, 11) is 0. The molecule has 0 fully saturated rings. The van der Waals surface area contributed by atoms with Crippen LogP contribution in [0.1, 0.15) is 25.0 Å². The van der Waals surface area contributed by atoms with Crippen LogP contribution >= 0.6 is 15.9 Å². The number of hydrogen-bond acceptors (Lipinski definition) is 2. The lowest BCUT2D eigenvalue weighted by atomic mass is 10.1. The molecule has 0 aliphatic carbocycles. The van der Waals surface area contributed by atoms with Gasteiger partial charge in [0.25, 0.3) is 0 Å². The molecule has 0 spiro atoms. The van der Waals surface area contributed by atoms with Crippen molar-refractivity contribution in [1.29, 1.82) is 0 Å². The molecule has 92 valence electrons. The maximum atomic E-state index is 5.73. The average molecular weight is 296 g/mol. The Morgan fingerprint density at radius 3 is 2.82 bits per heavy atom. The normalized spacial score (nSPS) is 9.65. The van der Waals surface area contributed by atoms with E-state index in [0.717, 1.165) is 34.4 Å². The predicted molar refractivity (Wildman–Crippen MR) is 75.2 cm³/mol. The number of nitrogens with one attached hydrogen (secondary N) is 1. The summed E-state index contributed by atoms with van der Waals surface area (Å²) in [6, 6.07) is 4.15. The van der Waals surface area contributed by atoms with Gasteiger partial charge < -0.3 is 10.1 Å². The lowest BCUT2D eigenvalue weighted by Gasteiger charge is -2.13. The Labute approximate surface area is 112 Å². The van der Waals surface area contributed by atoms with E-state index in [1.807, 2.05) is 6.92 Å². The minimum absolute atomic E-state index is 0.443. The molecule has 1 N–H and O–H groups in total. The van der Waals surface area contributed by atoms with Crippen molar-refractivity contribution >= 4 is 15.9 Å². The quantitative estimate of drug-likeness (QED) is 0.842. The van der Waals surface area contributed by atoms with Crippen LogP contribution in [0, 0.1) is 18.8 Å². The van der Waals surface area contributed by atoms with E-state index in [9.17, 15) is 0 Å². The van der Waals surface area contributed by atoms with Crippen molar-refractivity contribution in [3.8, 4) is 17.6 Å². The number of rotatable bonds is 5. The fraction of sp³-hybridized carbons (Fsp3) is 0.429. The lowest BCUT2D eigenvalue weighted by Crippen LogP contribution is -2.13. The summed E-state index contributed by atoms with van der Waals surface area (Å²) in [5.41, 5.74) is 2.29. The van der Waals surface area contributed by atoms with Crippen LogP contribution in [0.15, 0.2) is 16.6 Å². The highest BCUT2D eigenvalue weighted by Crippen LogP contribution is 2.28. The second-order valence-electron chi connectivity index (χ2n) is 3.71. The number of halogens is 1. The van der Waals surface area contributed by atoms with E-state index < -0.39 is 0 Å². The van der Waals surface area contributed by atoms with Crippen LogP contribution in [0.4, 0.5) is 0 Å². The Hall–Kier alpha value is -0.980. The maximum Gasteiger partial charge on any atom is 0.149 e. The third-order valence-electron chi connectivity index (χ3n) is 2.35. The molecule has 17 heavy (non-hydrogen) atoms. The summed E-state index contributed by atoms with van der Waals surface area (Å²) in [6.07, 6.45) is 0. The number of benzene rings is 1. The highest BCUT2D eigenvalue weighted by atomic mass is 79.9. The fourth-order valence-electron chi connectivity index (χ4n) is 1.58. The van der Waals surface area contributed by atoms with Crippen molar-refractivity contribution in [2.45, 2.75) is 27.3 Å². The van der Waals surface area contributed by atoms with E-state index in [1.165, 1.54) is 0 Å². The number of ether oxygens (including phenoxy) is 1. The zero-order chi connectivity index (χ0) is 12.7. The van der Waals surface area contributed by atoms with E-state index >= 15 is 0 Å². The summed E-state index contributed by atoms with van der Waals surface area (Å²) in [4.78, 5) is 0. The van der Waals surface area contributed by atoms with Gasteiger partial charge in [-0.2, -0.15) is 0 Å². The predicted octanol–water partition coefficient (Wildman–Crippen LogP) is 3.27. The first kappa shape index (κ1) is 14.1. The maximum absolute atomic E-state index is 5.73. The van der Waals surface area contributed by atoms with Gasteiger partial charge in [-0.05, 0) is 38.1 Å². The Kier molecular flexibility index (Phi) is 6.10. The molecular weight excluding hydrogens is 278 g/mol. The second-order valence-corrected chi connectivity index (χ2v) is 4.62. The van der Waals surface area contributed by atoms with E-state index in [2.05, 4.69) is 59.1 Å². The molecule has 1 rings (SSSR count). The minimum atomic E-state index is 0.443. The molecular formula is C14H18BrNO. The third kappa shape index (κ3) is 4.41. The summed E-state index contributed by atoms with van der Waals surface area (Å²) in [5.74, 6) is 6.69. The van der Waals surface area contributed by atoms with Crippen molar-refractivity contribution in [1.82, 2.24) is 5.32 Å². The Morgan fingerprint density at radius 2 is 2.18 bits per heavy atom. The van der Waals surface area contributed by atoms with Crippen molar-refractivity contribution in [2.75, 3.05) is 13.2 Å². The second kappa shape index (κ2) is 7.37. The molecule has 1 aromatic carbocycles. The first-order valence-electron chi connectivity index (χ1n) is 5.71. The molecule has 0 atom stereocenters. The van der Waals surface area contributed by atoms with Crippen LogP contribution in [-0.2, 0) is 6.54 Å². The van der Waals surface area contributed by atoms with E-state index in [4.69, 9.17) is 4.74 Å². The van der Waals surface area contributed by atoms with Crippen molar-refractivity contribution < 1.29 is 4.74 Å². The molecule has 0 unspecified atom stereocenters.